The van der Waals surface area contributed by atoms with Crippen LogP contribution in [0.5, 0.6) is 0 Å². The first-order valence-electron chi connectivity index (χ1n) is 10.5. The number of hydrogen-bond donors (Lipinski definition) is 1. The first kappa shape index (κ1) is 24.5. The van der Waals surface area contributed by atoms with Crippen LogP contribution in [0.2, 0.25) is 0 Å². The third-order valence-electron chi connectivity index (χ3n) is 5.59. The third-order valence-corrected chi connectivity index (χ3v) is 6.13. The molecule has 0 radical (unpaired) electrons. The Kier molecular flexibility index (Phi) is 6.72. The van der Waals surface area contributed by atoms with Crippen molar-refractivity contribution in [2.75, 3.05) is 5.73 Å². The highest BCUT2D eigenvalue weighted by molar-refractivity contribution is 7.27. The molecule has 2 aromatic heterocycles. The topological polar surface area (TPSA) is 72.1 Å². The van der Waals surface area contributed by atoms with E-state index in [0.29, 0.717) is 27.6 Å². The number of nitrogen functional groups attached to an aromatic ring is 1. The number of benzene rings is 2. The zero-order valence-corrected chi connectivity index (χ0v) is 19.8. The van der Waals surface area contributed by atoms with Gasteiger partial charge in [0.1, 0.15) is 11.6 Å². The maximum Gasteiger partial charge on any atom is 0.417 e. The number of carbonyl (C=O) groups is 1. The number of rotatable bonds is 5. The van der Waals surface area contributed by atoms with E-state index in [4.69, 9.17) is 5.73 Å². The monoisotopic (exact) mass is 500 g/mol. The van der Waals surface area contributed by atoms with Crippen molar-refractivity contribution in [1.82, 2.24) is 14.9 Å². The fourth-order valence-corrected chi connectivity index (χ4v) is 3.97. The lowest BCUT2D eigenvalue weighted by molar-refractivity contribution is -0.137. The van der Waals surface area contributed by atoms with Crippen molar-refractivity contribution in [2.45, 2.75) is 26.2 Å². The van der Waals surface area contributed by atoms with Gasteiger partial charge < -0.3 is 10.6 Å². The van der Waals surface area contributed by atoms with E-state index in [9.17, 15) is 22.4 Å². The van der Waals surface area contributed by atoms with Gasteiger partial charge in [0.25, 0.3) is 5.91 Å². The standard InChI is InChI=1S/C25H21F4N4OP/c1-14-9-16-10-15(5-8-21(16)32-23(14)30)24(34)33(13-19-20(26)3-2-4-22(19)35)12-18-7-6-17(11-31-18)25(27,28)29/h2-11H,12-13,35H2,1H3,(H2,30,32). The molecule has 0 aliphatic heterocycles. The molecule has 0 saturated carbocycles. The molecule has 0 saturated heterocycles. The maximum absolute atomic E-state index is 14.6. The molecule has 4 aromatic rings. The lowest BCUT2D eigenvalue weighted by Gasteiger charge is -2.24. The minimum atomic E-state index is -4.52. The number of alkyl halides is 3. The zero-order valence-electron chi connectivity index (χ0n) is 18.6. The SMILES string of the molecule is Cc1cc2cc(C(=O)N(Cc3ccc(C(F)(F)F)cn3)Cc3c(F)cccc3P)ccc2nc1N. The van der Waals surface area contributed by atoms with Crippen LogP contribution in [0.25, 0.3) is 10.9 Å². The highest BCUT2D eigenvalue weighted by Crippen LogP contribution is 2.29. The molecule has 10 heteroatoms. The third kappa shape index (κ3) is 5.41. The van der Waals surface area contributed by atoms with Gasteiger partial charge in [-0.05, 0) is 60.3 Å². The zero-order chi connectivity index (χ0) is 25.3. The normalized spacial score (nSPS) is 11.6. The van der Waals surface area contributed by atoms with Crippen LogP contribution in [0.15, 0.2) is 60.8 Å². The van der Waals surface area contributed by atoms with Crippen LogP contribution in [0.3, 0.4) is 0 Å². The van der Waals surface area contributed by atoms with Gasteiger partial charge in [0, 0.05) is 29.3 Å². The highest BCUT2D eigenvalue weighted by atomic mass is 31.0. The number of nitrogens with zero attached hydrogens (tertiary/aromatic N) is 3. The van der Waals surface area contributed by atoms with Gasteiger partial charge in [0.15, 0.2) is 0 Å². The Hall–Kier alpha value is -3.58. The molecule has 1 atom stereocenters. The van der Waals surface area contributed by atoms with E-state index in [1.165, 1.54) is 17.0 Å². The second kappa shape index (κ2) is 9.58. The summed E-state index contributed by atoms with van der Waals surface area (Å²) in [7, 11) is 2.43. The van der Waals surface area contributed by atoms with Gasteiger partial charge in [-0.1, -0.05) is 12.1 Å². The molecule has 0 spiro atoms. The van der Waals surface area contributed by atoms with Crippen molar-refractivity contribution in [1.29, 1.82) is 0 Å². The van der Waals surface area contributed by atoms with E-state index < -0.39 is 23.5 Å². The number of hydrogen-bond acceptors (Lipinski definition) is 4. The maximum atomic E-state index is 14.6. The van der Waals surface area contributed by atoms with Gasteiger partial charge in [-0.15, -0.1) is 9.24 Å². The van der Waals surface area contributed by atoms with E-state index in [1.54, 1.807) is 37.3 Å². The van der Waals surface area contributed by atoms with Gasteiger partial charge >= 0.3 is 6.18 Å². The molecule has 5 nitrogen and oxygen atoms in total. The van der Waals surface area contributed by atoms with Gasteiger partial charge in [-0.3, -0.25) is 9.78 Å². The smallest absolute Gasteiger partial charge is 0.383 e. The Morgan fingerprint density at radius 2 is 1.86 bits per heavy atom. The predicted molar refractivity (Wildman–Crippen MR) is 129 cm³/mol. The Balaban J connectivity index is 1.71. The first-order valence-corrected chi connectivity index (χ1v) is 11.1. The largest absolute Gasteiger partial charge is 0.417 e. The van der Waals surface area contributed by atoms with Crippen molar-refractivity contribution in [3.05, 3.63) is 94.6 Å². The molecular weight excluding hydrogens is 479 g/mol. The minimum Gasteiger partial charge on any atom is -0.383 e. The molecule has 2 N–H and O–H groups in total. The molecule has 0 aliphatic rings. The Labute approximate surface area is 201 Å². The average Bonchev–Trinajstić information content (AvgIpc) is 2.80. The fourth-order valence-electron chi connectivity index (χ4n) is 3.63. The summed E-state index contributed by atoms with van der Waals surface area (Å²) in [4.78, 5) is 23.1. The van der Waals surface area contributed by atoms with Crippen molar-refractivity contribution >= 4 is 37.2 Å². The van der Waals surface area contributed by atoms with Crippen LogP contribution in [-0.2, 0) is 19.3 Å². The number of pyridine rings is 2. The Bertz CT molecular complexity index is 1390. The molecule has 1 unspecified atom stereocenters. The van der Waals surface area contributed by atoms with E-state index in [1.807, 2.05) is 6.07 Å². The van der Waals surface area contributed by atoms with Gasteiger partial charge in [-0.25, -0.2) is 9.37 Å². The summed E-state index contributed by atoms with van der Waals surface area (Å²) in [5.41, 5.74) is 7.18. The van der Waals surface area contributed by atoms with E-state index in [2.05, 4.69) is 19.2 Å². The van der Waals surface area contributed by atoms with Crippen molar-refractivity contribution in [3.8, 4) is 0 Å². The van der Waals surface area contributed by atoms with E-state index in [-0.39, 0.29) is 24.3 Å². The van der Waals surface area contributed by atoms with Crippen LogP contribution < -0.4 is 11.0 Å². The van der Waals surface area contributed by atoms with Crippen LogP contribution in [0.1, 0.15) is 32.7 Å². The van der Waals surface area contributed by atoms with Crippen LogP contribution in [-0.4, -0.2) is 20.8 Å². The van der Waals surface area contributed by atoms with Crippen molar-refractivity contribution in [3.63, 3.8) is 0 Å². The quantitative estimate of drug-likeness (QED) is 0.309. The Morgan fingerprint density at radius 3 is 2.51 bits per heavy atom. The molecule has 2 aromatic carbocycles. The first-order chi connectivity index (χ1) is 16.5. The number of fused-ring (bicyclic) bond motifs is 1. The number of carbonyl (C=O) groups excluding carboxylic acids is 1. The summed E-state index contributed by atoms with van der Waals surface area (Å²) in [6.07, 6.45) is -3.81. The lowest BCUT2D eigenvalue weighted by Crippen LogP contribution is -2.32. The van der Waals surface area contributed by atoms with Gasteiger partial charge in [0.05, 0.1) is 23.3 Å². The minimum absolute atomic E-state index is 0.107. The van der Waals surface area contributed by atoms with Crippen molar-refractivity contribution in [2.24, 2.45) is 0 Å². The number of aryl methyl sites for hydroxylation is 1. The molecule has 0 bridgehead atoms. The fraction of sp³-hybridized carbons (Fsp3) is 0.160. The molecular formula is C25H21F4N4OP. The van der Waals surface area contributed by atoms with Crippen molar-refractivity contribution < 1.29 is 22.4 Å². The van der Waals surface area contributed by atoms with Crippen LogP contribution in [0, 0.1) is 12.7 Å². The van der Waals surface area contributed by atoms with E-state index in [0.717, 1.165) is 17.8 Å². The molecule has 180 valence electrons. The molecule has 2 heterocycles. The molecule has 0 aliphatic carbocycles. The summed E-state index contributed by atoms with van der Waals surface area (Å²) >= 11 is 0. The van der Waals surface area contributed by atoms with E-state index >= 15 is 0 Å². The second-order valence-electron chi connectivity index (χ2n) is 8.10. The number of halogens is 4. The number of nitrogens with two attached hydrogens (primary N) is 1. The second-order valence-corrected chi connectivity index (χ2v) is 8.72. The summed E-state index contributed by atoms with van der Waals surface area (Å²) in [5, 5.41) is 1.27. The molecule has 4 rings (SSSR count). The summed E-state index contributed by atoms with van der Waals surface area (Å²) < 4.78 is 53.4. The molecule has 0 fully saturated rings. The highest BCUT2D eigenvalue weighted by Gasteiger charge is 2.31. The predicted octanol–water partition coefficient (Wildman–Crippen LogP) is 5.02. The van der Waals surface area contributed by atoms with Gasteiger partial charge in [-0.2, -0.15) is 13.2 Å². The summed E-state index contributed by atoms with van der Waals surface area (Å²) in [6.45, 7) is 1.58. The summed E-state index contributed by atoms with van der Waals surface area (Å²) in [5.74, 6) is -0.542. The lowest BCUT2D eigenvalue weighted by atomic mass is 10.1. The molecule has 35 heavy (non-hydrogen) atoms. The average molecular weight is 500 g/mol. The van der Waals surface area contributed by atoms with Gasteiger partial charge in [0.2, 0.25) is 0 Å². The van der Waals surface area contributed by atoms with Crippen LogP contribution in [0.4, 0.5) is 23.4 Å². The molecule has 1 amide bonds. The van der Waals surface area contributed by atoms with Crippen LogP contribution >= 0.6 is 9.24 Å². The number of anilines is 1. The number of aromatic nitrogens is 2. The Morgan fingerprint density at radius 1 is 1.09 bits per heavy atom. The summed E-state index contributed by atoms with van der Waals surface area (Å²) in [6, 6.07) is 13.4. The number of amides is 1.